The van der Waals surface area contributed by atoms with Crippen LogP contribution >= 0.6 is 0 Å². The second-order valence-electron chi connectivity index (χ2n) is 6.40. The van der Waals surface area contributed by atoms with Gasteiger partial charge in [-0.05, 0) is 36.1 Å². The predicted molar refractivity (Wildman–Crippen MR) is 87.0 cm³/mol. The Bertz CT molecular complexity index is 629. The first-order valence-electron chi connectivity index (χ1n) is 7.17. The molecule has 0 aromatic heterocycles. The highest BCUT2D eigenvalue weighted by atomic mass is 16.3. The second-order valence-corrected chi connectivity index (χ2v) is 6.40. The van der Waals surface area contributed by atoms with E-state index in [0.29, 0.717) is 0 Å². The molecule has 0 bridgehead atoms. The molecule has 3 N–H and O–H groups in total. The van der Waals surface area contributed by atoms with Gasteiger partial charge in [0, 0.05) is 17.3 Å². The lowest BCUT2D eigenvalue weighted by molar-refractivity contribution is 0.444. The zero-order chi connectivity index (χ0) is 15.6. The van der Waals surface area contributed by atoms with Gasteiger partial charge in [-0.15, -0.1) is 0 Å². The SMILES string of the molecule is CC(Nc1ccccc1C(C)(C)C)c1ccc(O)cc1O. The topological polar surface area (TPSA) is 52.5 Å². The van der Waals surface area contributed by atoms with Crippen molar-refractivity contribution in [2.75, 3.05) is 5.32 Å². The Kier molecular flexibility index (Phi) is 4.12. The van der Waals surface area contributed by atoms with Crippen LogP contribution in [0.25, 0.3) is 0 Å². The summed E-state index contributed by atoms with van der Waals surface area (Å²) < 4.78 is 0. The van der Waals surface area contributed by atoms with E-state index in [4.69, 9.17) is 0 Å². The lowest BCUT2D eigenvalue weighted by atomic mass is 9.85. The number of phenols is 2. The maximum Gasteiger partial charge on any atom is 0.124 e. The Morgan fingerprint density at radius 1 is 1.00 bits per heavy atom. The van der Waals surface area contributed by atoms with Crippen molar-refractivity contribution in [3.63, 3.8) is 0 Å². The first-order chi connectivity index (χ1) is 9.79. The molecule has 2 rings (SSSR count). The standard InChI is InChI=1S/C18H23NO2/c1-12(14-10-9-13(20)11-17(14)21)19-16-8-6-5-7-15(16)18(2,3)4/h5-12,19-21H,1-4H3. The molecule has 0 radical (unpaired) electrons. The summed E-state index contributed by atoms with van der Waals surface area (Å²) in [7, 11) is 0. The third-order valence-corrected chi connectivity index (χ3v) is 3.59. The number of benzene rings is 2. The van der Waals surface area contributed by atoms with Crippen LogP contribution in [0.1, 0.15) is 44.9 Å². The minimum Gasteiger partial charge on any atom is -0.508 e. The molecule has 1 atom stereocenters. The number of hydrogen-bond donors (Lipinski definition) is 3. The number of hydrogen-bond acceptors (Lipinski definition) is 3. The largest absolute Gasteiger partial charge is 0.508 e. The van der Waals surface area contributed by atoms with Gasteiger partial charge in [-0.1, -0.05) is 39.0 Å². The normalized spacial score (nSPS) is 13.0. The van der Waals surface area contributed by atoms with Gasteiger partial charge in [-0.2, -0.15) is 0 Å². The van der Waals surface area contributed by atoms with Crippen LogP contribution in [0, 0.1) is 0 Å². The highest BCUT2D eigenvalue weighted by Crippen LogP contribution is 2.34. The van der Waals surface area contributed by atoms with Crippen LogP contribution in [0.4, 0.5) is 5.69 Å². The van der Waals surface area contributed by atoms with Crippen LogP contribution in [0.5, 0.6) is 11.5 Å². The lowest BCUT2D eigenvalue weighted by Crippen LogP contribution is -2.16. The molecule has 2 aromatic carbocycles. The summed E-state index contributed by atoms with van der Waals surface area (Å²) in [4.78, 5) is 0. The fraction of sp³-hybridized carbons (Fsp3) is 0.333. The molecule has 0 spiro atoms. The van der Waals surface area contributed by atoms with Crippen LogP contribution in [0.3, 0.4) is 0 Å². The van der Waals surface area contributed by atoms with E-state index in [1.165, 1.54) is 11.6 Å². The zero-order valence-corrected chi connectivity index (χ0v) is 13.0. The Morgan fingerprint density at radius 3 is 2.29 bits per heavy atom. The molecule has 0 heterocycles. The Balaban J connectivity index is 2.30. The summed E-state index contributed by atoms with van der Waals surface area (Å²) in [5, 5.41) is 22.8. The van der Waals surface area contributed by atoms with E-state index in [2.05, 4.69) is 38.2 Å². The van der Waals surface area contributed by atoms with Crippen molar-refractivity contribution in [2.24, 2.45) is 0 Å². The zero-order valence-electron chi connectivity index (χ0n) is 13.0. The monoisotopic (exact) mass is 285 g/mol. The van der Waals surface area contributed by atoms with Crippen molar-refractivity contribution >= 4 is 5.69 Å². The first kappa shape index (κ1) is 15.2. The quantitative estimate of drug-likeness (QED) is 0.774. The number of para-hydroxylation sites is 1. The highest BCUT2D eigenvalue weighted by molar-refractivity contribution is 5.56. The molecule has 1 unspecified atom stereocenters. The van der Waals surface area contributed by atoms with Gasteiger partial charge in [-0.3, -0.25) is 0 Å². The number of anilines is 1. The summed E-state index contributed by atoms with van der Waals surface area (Å²) in [6.07, 6.45) is 0. The van der Waals surface area contributed by atoms with Crippen LogP contribution in [-0.4, -0.2) is 10.2 Å². The van der Waals surface area contributed by atoms with Crippen molar-refractivity contribution in [3.8, 4) is 11.5 Å². The molecule has 0 aliphatic rings. The fourth-order valence-electron chi connectivity index (χ4n) is 2.47. The van der Waals surface area contributed by atoms with Gasteiger partial charge >= 0.3 is 0 Å². The van der Waals surface area contributed by atoms with Crippen molar-refractivity contribution in [1.82, 2.24) is 0 Å². The first-order valence-corrected chi connectivity index (χ1v) is 7.17. The average Bonchev–Trinajstić information content (AvgIpc) is 2.37. The number of aromatic hydroxyl groups is 2. The maximum absolute atomic E-state index is 9.97. The highest BCUT2D eigenvalue weighted by Gasteiger charge is 2.19. The Labute approximate surface area is 126 Å². The smallest absolute Gasteiger partial charge is 0.124 e. The van der Waals surface area contributed by atoms with Gasteiger partial charge < -0.3 is 15.5 Å². The third-order valence-electron chi connectivity index (χ3n) is 3.59. The van der Waals surface area contributed by atoms with Gasteiger partial charge in [0.15, 0.2) is 0 Å². The van der Waals surface area contributed by atoms with Gasteiger partial charge in [0.05, 0.1) is 6.04 Å². The van der Waals surface area contributed by atoms with E-state index in [0.717, 1.165) is 11.3 Å². The Morgan fingerprint density at radius 2 is 1.67 bits per heavy atom. The summed E-state index contributed by atoms with van der Waals surface area (Å²) in [6.45, 7) is 8.52. The summed E-state index contributed by atoms with van der Waals surface area (Å²) >= 11 is 0. The van der Waals surface area contributed by atoms with Crippen molar-refractivity contribution in [1.29, 1.82) is 0 Å². The molecule has 0 amide bonds. The molecule has 3 nitrogen and oxygen atoms in total. The average molecular weight is 285 g/mol. The molecule has 112 valence electrons. The lowest BCUT2D eigenvalue weighted by Gasteiger charge is -2.26. The maximum atomic E-state index is 9.97. The van der Waals surface area contributed by atoms with Crippen molar-refractivity contribution in [2.45, 2.75) is 39.2 Å². The van der Waals surface area contributed by atoms with Crippen molar-refractivity contribution < 1.29 is 10.2 Å². The van der Waals surface area contributed by atoms with E-state index in [1.54, 1.807) is 12.1 Å². The molecule has 0 aliphatic heterocycles. The minimum absolute atomic E-state index is 0.0420. The minimum atomic E-state index is -0.0610. The number of rotatable bonds is 3. The van der Waals surface area contributed by atoms with E-state index in [9.17, 15) is 10.2 Å². The molecule has 2 aromatic rings. The second kappa shape index (κ2) is 5.68. The summed E-state index contributed by atoms with van der Waals surface area (Å²) in [6, 6.07) is 12.8. The van der Waals surface area contributed by atoms with E-state index < -0.39 is 0 Å². The van der Waals surface area contributed by atoms with E-state index in [1.807, 2.05) is 19.1 Å². The van der Waals surface area contributed by atoms with Gasteiger partial charge in [-0.25, -0.2) is 0 Å². The predicted octanol–water partition coefficient (Wildman–Crippen LogP) is 4.57. The number of nitrogens with one attached hydrogen (secondary N) is 1. The van der Waals surface area contributed by atoms with E-state index >= 15 is 0 Å². The van der Waals surface area contributed by atoms with E-state index in [-0.39, 0.29) is 23.0 Å². The summed E-state index contributed by atoms with van der Waals surface area (Å²) in [5.41, 5.74) is 3.09. The summed E-state index contributed by atoms with van der Waals surface area (Å²) in [5.74, 6) is 0.168. The molecule has 3 heteroatoms. The third kappa shape index (κ3) is 3.48. The molecule has 0 aliphatic carbocycles. The Hall–Kier alpha value is -2.16. The molecule has 0 fully saturated rings. The molecular weight excluding hydrogens is 262 g/mol. The fourth-order valence-corrected chi connectivity index (χ4v) is 2.47. The molecule has 21 heavy (non-hydrogen) atoms. The molecule has 0 saturated carbocycles. The van der Waals surface area contributed by atoms with Gasteiger partial charge in [0.2, 0.25) is 0 Å². The van der Waals surface area contributed by atoms with Crippen LogP contribution in [0.2, 0.25) is 0 Å². The molecular formula is C18H23NO2. The van der Waals surface area contributed by atoms with Crippen LogP contribution < -0.4 is 5.32 Å². The van der Waals surface area contributed by atoms with Gasteiger partial charge in [0.1, 0.15) is 11.5 Å². The molecule has 0 saturated heterocycles. The number of phenolic OH excluding ortho intramolecular Hbond substituents is 2. The van der Waals surface area contributed by atoms with Crippen LogP contribution in [-0.2, 0) is 5.41 Å². The van der Waals surface area contributed by atoms with Gasteiger partial charge in [0.25, 0.3) is 0 Å². The van der Waals surface area contributed by atoms with Crippen LogP contribution in [0.15, 0.2) is 42.5 Å². The van der Waals surface area contributed by atoms with Crippen molar-refractivity contribution in [3.05, 3.63) is 53.6 Å².